The van der Waals surface area contributed by atoms with Gasteiger partial charge in [0.1, 0.15) is 5.76 Å². The van der Waals surface area contributed by atoms with Crippen molar-refractivity contribution < 1.29 is 4.74 Å². The minimum absolute atomic E-state index is 0.0696. The van der Waals surface area contributed by atoms with Crippen molar-refractivity contribution in [1.82, 2.24) is 0 Å². The molecule has 2 saturated carbocycles. The molecule has 3 aliphatic rings. The number of ether oxygens (including phenoxy) is 1. The Labute approximate surface area is 110 Å². The van der Waals surface area contributed by atoms with E-state index >= 15 is 0 Å². The standard InChI is InChI=1S/C16H23NO/c1-16(7-8-16)13-9-12(6-5-11-3-4-11)15(17)14(10-13)18-2/h6,9-11,15H,3-5,7-8,17H2,1-2H3/b12-6-. The molecule has 3 aliphatic carbocycles. The van der Waals surface area contributed by atoms with E-state index in [-0.39, 0.29) is 6.04 Å². The number of methoxy groups -OCH3 is 1. The third-order valence-electron chi connectivity index (χ3n) is 4.60. The molecule has 3 rings (SSSR count). The summed E-state index contributed by atoms with van der Waals surface area (Å²) in [5.41, 5.74) is 9.30. The summed E-state index contributed by atoms with van der Waals surface area (Å²) in [6, 6.07) is -0.0696. The molecule has 1 unspecified atom stereocenters. The van der Waals surface area contributed by atoms with Crippen LogP contribution in [0.3, 0.4) is 0 Å². The van der Waals surface area contributed by atoms with Gasteiger partial charge in [0.05, 0.1) is 13.2 Å². The summed E-state index contributed by atoms with van der Waals surface area (Å²) >= 11 is 0. The summed E-state index contributed by atoms with van der Waals surface area (Å²) in [5, 5.41) is 0. The summed E-state index contributed by atoms with van der Waals surface area (Å²) in [7, 11) is 1.72. The average molecular weight is 245 g/mol. The van der Waals surface area contributed by atoms with Crippen LogP contribution in [-0.2, 0) is 4.74 Å². The van der Waals surface area contributed by atoms with Crippen LogP contribution in [-0.4, -0.2) is 13.2 Å². The lowest BCUT2D eigenvalue weighted by Crippen LogP contribution is -2.28. The summed E-state index contributed by atoms with van der Waals surface area (Å²) in [6.45, 7) is 2.33. The predicted octanol–water partition coefficient (Wildman–Crippen LogP) is 3.31. The highest BCUT2D eigenvalue weighted by atomic mass is 16.5. The Morgan fingerprint density at radius 3 is 2.67 bits per heavy atom. The Morgan fingerprint density at radius 1 is 1.39 bits per heavy atom. The van der Waals surface area contributed by atoms with Gasteiger partial charge < -0.3 is 10.5 Å². The van der Waals surface area contributed by atoms with E-state index in [9.17, 15) is 0 Å². The second-order valence-electron chi connectivity index (χ2n) is 6.27. The van der Waals surface area contributed by atoms with Crippen molar-refractivity contribution in [3.8, 4) is 0 Å². The van der Waals surface area contributed by atoms with Crippen LogP contribution in [0.1, 0.15) is 39.0 Å². The Balaban J connectivity index is 1.85. The minimum atomic E-state index is -0.0696. The topological polar surface area (TPSA) is 35.2 Å². The van der Waals surface area contributed by atoms with Crippen LogP contribution < -0.4 is 5.73 Å². The number of hydrogen-bond donors (Lipinski definition) is 1. The highest BCUT2D eigenvalue weighted by Crippen LogP contribution is 2.53. The SMILES string of the molecule is COC1=CC(C2(C)CC2)=C/C(=C/CC2CC2)C1N. The number of nitrogens with two attached hydrogens (primary N) is 1. The van der Waals surface area contributed by atoms with E-state index in [1.807, 2.05) is 0 Å². The van der Waals surface area contributed by atoms with E-state index in [1.165, 1.54) is 43.3 Å². The van der Waals surface area contributed by atoms with Crippen LogP contribution in [0.4, 0.5) is 0 Å². The molecule has 0 aromatic rings. The third kappa shape index (κ3) is 2.26. The van der Waals surface area contributed by atoms with E-state index in [0.29, 0.717) is 5.41 Å². The molecule has 0 aliphatic heterocycles. The average Bonchev–Trinajstić information content (AvgIpc) is 3.25. The Bertz CT molecular complexity index is 436. The number of hydrogen-bond acceptors (Lipinski definition) is 2. The molecule has 0 radical (unpaired) electrons. The molecule has 2 nitrogen and oxygen atoms in total. The molecule has 0 aromatic carbocycles. The van der Waals surface area contributed by atoms with Crippen molar-refractivity contribution in [2.24, 2.45) is 17.1 Å². The predicted molar refractivity (Wildman–Crippen MR) is 73.9 cm³/mol. The quantitative estimate of drug-likeness (QED) is 0.824. The summed E-state index contributed by atoms with van der Waals surface area (Å²) in [5.74, 6) is 1.83. The van der Waals surface area contributed by atoms with E-state index < -0.39 is 0 Å². The minimum Gasteiger partial charge on any atom is -0.499 e. The Hall–Kier alpha value is -1.02. The number of allylic oxidation sites excluding steroid dienone is 3. The van der Waals surface area contributed by atoms with Gasteiger partial charge in [-0.2, -0.15) is 0 Å². The van der Waals surface area contributed by atoms with E-state index in [1.54, 1.807) is 7.11 Å². The zero-order valence-corrected chi connectivity index (χ0v) is 11.4. The fraction of sp³-hybridized carbons (Fsp3) is 0.625. The highest BCUT2D eigenvalue weighted by Gasteiger charge is 2.41. The second-order valence-corrected chi connectivity index (χ2v) is 6.27. The molecule has 2 N–H and O–H groups in total. The Morgan fingerprint density at radius 2 is 2.11 bits per heavy atom. The fourth-order valence-corrected chi connectivity index (χ4v) is 2.57. The van der Waals surface area contributed by atoms with E-state index in [0.717, 1.165) is 11.7 Å². The molecule has 98 valence electrons. The van der Waals surface area contributed by atoms with Crippen LogP contribution in [0, 0.1) is 11.3 Å². The van der Waals surface area contributed by atoms with Crippen molar-refractivity contribution >= 4 is 0 Å². The number of rotatable bonds is 4. The smallest absolute Gasteiger partial charge is 0.117 e. The van der Waals surface area contributed by atoms with Gasteiger partial charge in [0, 0.05) is 0 Å². The molecular formula is C16H23NO. The van der Waals surface area contributed by atoms with Crippen molar-refractivity contribution in [3.63, 3.8) is 0 Å². The molecular weight excluding hydrogens is 222 g/mol. The molecule has 0 spiro atoms. The first kappa shape index (κ1) is 12.0. The maximum absolute atomic E-state index is 6.26. The van der Waals surface area contributed by atoms with Gasteiger partial charge in [0.25, 0.3) is 0 Å². The molecule has 0 amide bonds. The van der Waals surface area contributed by atoms with Gasteiger partial charge in [-0.3, -0.25) is 0 Å². The van der Waals surface area contributed by atoms with Crippen LogP contribution in [0.25, 0.3) is 0 Å². The van der Waals surface area contributed by atoms with Crippen LogP contribution in [0.5, 0.6) is 0 Å². The van der Waals surface area contributed by atoms with Gasteiger partial charge in [-0.05, 0) is 60.7 Å². The monoisotopic (exact) mass is 245 g/mol. The third-order valence-corrected chi connectivity index (χ3v) is 4.60. The molecule has 0 heterocycles. The lowest BCUT2D eigenvalue weighted by atomic mass is 9.87. The fourth-order valence-electron chi connectivity index (χ4n) is 2.57. The summed E-state index contributed by atoms with van der Waals surface area (Å²) < 4.78 is 5.46. The van der Waals surface area contributed by atoms with E-state index in [2.05, 4.69) is 25.2 Å². The lowest BCUT2D eigenvalue weighted by Gasteiger charge is -2.25. The molecule has 1 atom stereocenters. The van der Waals surface area contributed by atoms with Crippen molar-refractivity contribution in [2.45, 2.75) is 45.1 Å². The van der Waals surface area contributed by atoms with Gasteiger partial charge >= 0.3 is 0 Å². The highest BCUT2D eigenvalue weighted by molar-refractivity contribution is 5.48. The maximum Gasteiger partial charge on any atom is 0.117 e. The molecule has 18 heavy (non-hydrogen) atoms. The van der Waals surface area contributed by atoms with Crippen molar-refractivity contribution in [2.75, 3.05) is 7.11 Å². The first-order chi connectivity index (χ1) is 8.62. The van der Waals surface area contributed by atoms with Gasteiger partial charge in [0.2, 0.25) is 0 Å². The van der Waals surface area contributed by atoms with Crippen LogP contribution >= 0.6 is 0 Å². The molecule has 2 fully saturated rings. The Kier molecular flexibility index (Phi) is 2.86. The van der Waals surface area contributed by atoms with Crippen LogP contribution in [0.2, 0.25) is 0 Å². The molecule has 0 aromatic heterocycles. The van der Waals surface area contributed by atoms with E-state index in [4.69, 9.17) is 10.5 Å². The van der Waals surface area contributed by atoms with Gasteiger partial charge in [-0.25, -0.2) is 0 Å². The first-order valence-corrected chi connectivity index (χ1v) is 7.06. The summed E-state index contributed by atoms with van der Waals surface area (Å²) in [6.07, 6.45) is 13.3. The lowest BCUT2D eigenvalue weighted by molar-refractivity contribution is 0.270. The summed E-state index contributed by atoms with van der Waals surface area (Å²) in [4.78, 5) is 0. The van der Waals surface area contributed by atoms with Crippen molar-refractivity contribution in [3.05, 3.63) is 35.1 Å². The van der Waals surface area contributed by atoms with Gasteiger partial charge in [-0.15, -0.1) is 0 Å². The first-order valence-electron chi connectivity index (χ1n) is 7.06. The van der Waals surface area contributed by atoms with Gasteiger partial charge in [0.15, 0.2) is 0 Å². The second kappa shape index (κ2) is 4.27. The van der Waals surface area contributed by atoms with Gasteiger partial charge in [-0.1, -0.05) is 19.1 Å². The molecule has 0 saturated heterocycles. The maximum atomic E-state index is 6.26. The zero-order valence-electron chi connectivity index (χ0n) is 11.4. The van der Waals surface area contributed by atoms with Crippen LogP contribution in [0.15, 0.2) is 35.1 Å². The zero-order chi connectivity index (χ0) is 12.8. The molecule has 2 heteroatoms. The van der Waals surface area contributed by atoms with Crippen molar-refractivity contribution in [1.29, 1.82) is 0 Å². The largest absolute Gasteiger partial charge is 0.499 e. The normalized spacial score (nSPS) is 31.9. The molecule has 0 bridgehead atoms.